The van der Waals surface area contributed by atoms with E-state index in [0.717, 1.165) is 0 Å². The Hall–Kier alpha value is 1.68. The van der Waals surface area contributed by atoms with Gasteiger partial charge in [0.25, 0.3) is 0 Å². The third-order valence-corrected chi connectivity index (χ3v) is 1.69. The van der Waals surface area contributed by atoms with Crippen LogP contribution in [-0.4, -0.2) is 46.1 Å². The maximum Gasteiger partial charge on any atom is 2.00 e. The Morgan fingerprint density at radius 2 is 1.23 bits per heavy atom. The zero-order valence-electron chi connectivity index (χ0n) is 6.82. The van der Waals surface area contributed by atoms with E-state index in [1.165, 1.54) is 0 Å². The molecule has 0 aliphatic heterocycles. The van der Waals surface area contributed by atoms with Crippen LogP contribution in [0.3, 0.4) is 0 Å². The Morgan fingerprint density at radius 1 is 0.846 bits per heavy atom. The first-order valence-corrected chi connectivity index (χ1v) is 3.68. The average molecular weight is 260 g/mol. The molecule has 0 bridgehead atoms. The zero-order chi connectivity index (χ0) is 6.69. The number of rotatable bonds is 1. The molecular formula is C6H5Cl2Mg2O2P. The molecule has 64 valence electrons. The second-order valence-electron chi connectivity index (χ2n) is 1.59. The van der Waals surface area contributed by atoms with Gasteiger partial charge >= 0.3 is 46.1 Å². The number of benzene rings is 1. The van der Waals surface area contributed by atoms with Crippen LogP contribution in [0.15, 0.2) is 30.3 Å². The van der Waals surface area contributed by atoms with Crippen molar-refractivity contribution in [1.82, 2.24) is 0 Å². The van der Waals surface area contributed by atoms with Gasteiger partial charge < -0.3 is 34.6 Å². The van der Waals surface area contributed by atoms with Crippen LogP contribution in [0.5, 0.6) is 0 Å². The predicted octanol–water partition coefficient (Wildman–Crippen LogP) is -7.41. The molecule has 0 atom stereocenters. The molecule has 1 rings (SSSR count). The molecule has 2 nitrogen and oxygen atoms in total. The topological polar surface area (TPSA) is 46.1 Å². The Balaban J connectivity index is -0.000000101. The third-order valence-electron chi connectivity index (χ3n) is 0.967. The molecule has 0 spiro atoms. The van der Waals surface area contributed by atoms with Gasteiger partial charge in [-0.25, -0.2) is 0 Å². The molecule has 0 radical (unpaired) electrons. The van der Waals surface area contributed by atoms with Crippen LogP contribution in [0.1, 0.15) is 0 Å². The second-order valence-corrected chi connectivity index (χ2v) is 2.62. The van der Waals surface area contributed by atoms with Gasteiger partial charge in [0.1, 0.15) is 0 Å². The van der Waals surface area contributed by atoms with Crippen LogP contribution >= 0.6 is 8.38 Å². The summed E-state index contributed by atoms with van der Waals surface area (Å²) >= 11 is 0. The SMILES string of the molecule is [Cl-].[Cl-].[Mg+2].[Mg+2].[O-]P([O-])c1ccccc1. The number of hydrogen-bond donors (Lipinski definition) is 0. The van der Waals surface area contributed by atoms with Crippen LogP contribution in [-0.2, 0) is 0 Å². The van der Waals surface area contributed by atoms with Crippen molar-refractivity contribution >= 4 is 59.8 Å². The van der Waals surface area contributed by atoms with Gasteiger partial charge in [-0.2, -0.15) is 0 Å². The predicted molar refractivity (Wildman–Crippen MR) is 44.5 cm³/mol. The molecule has 0 saturated heterocycles. The van der Waals surface area contributed by atoms with E-state index in [2.05, 4.69) is 0 Å². The second kappa shape index (κ2) is 13.7. The van der Waals surface area contributed by atoms with Crippen molar-refractivity contribution < 1.29 is 34.6 Å². The minimum Gasteiger partial charge on any atom is -1.00 e. The normalized spacial score (nSPS) is 7.00. The van der Waals surface area contributed by atoms with Gasteiger partial charge in [-0.15, -0.1) is 0 Å². The van der Waals surface area contributed by atoms with Crippen LogP contribution in [0.4, 0.5) is 0 Å². The fourth-order valence-electron chi connectivity index (χ4n) is 0.550. The average Bonchev–Trinajstić information content (AvgIpc) is 1.90. The van der Waals surface area contributed by atoms with E-state index < -0.39 is 8.38 Å². The molecule has 1 aromatic rings. The third kappa shape index (κ3) is 9.97. The summed E-state index contributed by atoms with van der Waals surface area (Å²) in [6.45, 7) is 0. The van der Waals surface area contributed by atoms with E-state index in [-0.39, 0.29) is 70.9 Å². The molecule has 0 aliphatic carbocycles. The Kier molecular flexibility index (Phi) is 25.4. The quantitative estimate of drug-likeness (QED) is 0.372. The van der Waals surface area contributed by atoms with E-state index in [1.54, 1.807) is 30.3 Å². The minimum absolute atomic E-state index is 0. The molecule has 1 aromatic carbocycles. The Labute approximate surface area is 124 Å². The zero-order valence-corrected chi connectivity index (χ0v) is 12.1. The van der Waals surface area contributed by atoms with Crippen molar-refractivity contribution in [2.45, 2.75) is 0 Å². The van der Waals surface area contributed by atoms with Crippen molar-refractivity contribution in [3.63, 3.8) is 0 Å². The van der Waals surface area contributed by atoms with E-state index in [0.29, 0.717) is 5.30 Å². The largest absolute Gasteiger partial charge is 2.00 e. The smallest absolute Gasteiger partial charge is 1.00 e. The van der Waals surface area contributed by atoms with E-state index in [1.807, 2.05) is 0 Å². The molecule has 13 heavy (non-hydrogen) atoms. The molecule has 0 N–H and O–H groups in total. The van der Waals surface area contributed by atoms with E-state index >= 15 is 0 Å². The summed E-state index contributed by atoms with van der Waals surface area (Å²) in [5, 5.41) is 0.368. The summed E-state index contributed by atoms with van der Waals surface area (Å²) in [4.78, 5) is 20.5. The van der Waals surface area contributed by atoms with Crippen molar-refractivity contribution in [3.05, 3.63) is 30.3 Å². The molecule has 0 fully saturated rings. The van der Waals surface area contributed by atoms with Crippen LogP contribution in [0, 0.1) is 0 Å². The molecule has 0 unspecified atom stereocenters. The standard InChI is InChI=1S/C6H5O2P.2ClH.2Mg/c7-9(8)6-4-2-1-3-5-6;;;;/h1-5H;2*1H;;/q-2;;;2*+2/p-2. The van der Waals surface area contributed by atoms with Crippen molar-refractivity contribution in [2.75, 3.05) is 0 Å². The molecule has 0 aromatic heterocycles. The number of hydrogen-bond acceptors (Lipinski definition) is 2. The maximum absolute atomic E-state index is 10.2. The van der Waals surface area contributed by atoms with Gasteiger partial charge in [0.2, 0.25) is 0 Å². The van der Waals surface area contributed by atoms with Gasteiger partial charge in [0.05, 0.1) is 0 Å². The molecule has 0 heterocycles. The fraction of sp³-hybridized carbons (Fsp3) is 0. The van der Waals surface area contributed by atoms with Gasteiger partial charge in [0.15, 0.2) is 0 Å². The molecule has 0 saturated carbocycles. The van der Waals surface area contributed by atoms with Gasteiger partial charge in [-0.3, -0.25) is 8.38 Å². The van der Waals surface area contributed by atoms with E-state index in [4.69, 9.17) is 0 Å². The summed E-state index contributed by atoms with van der Waals surface area (Å²) < 4.78 is 0. The molecular weight excluding hydrogens is 255 g/mol. The van der Waals surface area contributed by atoms with Crippen molar-refractivity contribution in [3.8, 4) is 0 Å². The maximum atomic E-state index is 10.2. The summed E-state index contributed by atoms with van der Waals surface area (Å²) in [6.07, 6.45) is 0. The molecule has 7 heteroatoms. The number of halogens is 2. The first kappa shape index (κ1) is 24.1. The fourth-order valence-corrected chi connectivity index (χ4v) is 0.965. The van der Waals surface area contributed by atoms with Gasteiger partial charge in [-0.1, -0.05) is 35.6 Å². The summed E-state index contributed by atoms with van der Waals surface area (Å²) in [6, 6.07) is 8.29. The monoisotopic (exact) mass is 258 g/mol. The Morgan fingerprint density at radius 3 is 1.46 bits per heavy atom. The molecule has 0 aliphatic rings. The first-order valence-electron chi connectivity index (χ1n) is 2.50. The van der Waals surface area contributed by atoms with Gasteiger partial charge in [-0.05, 0) is 0 Å². The summed E-state index contributed by atoms with van der Waals surface area (Å²) in [5.41, 5.74) is 0. The van der Waals surface area contributed by atoms with Gasteiger partial charge in [0, 0.05) is 0 Å². The first-order chi connectivity index (χ1) is 4.30. The minimum atomic E-state index is -2.40. The summed E-state index contributed by atoms with van der Waals surface area (Å²) in [5.74, 6) is 0. The van der Waals surface area contributed by atoms with E-state index in [9.17, 15) is 9.79 Å². The van der Waals surface area contributed by atoms with Crippen molar-refractivity contribution in [2.24, 2.45) is 0 Å². The summed E-state index contributed by atoms with van der Waals surface area (Å²) in [7, 11) is -2.40. The van der Waals surface area contributed by atoms with Crippen LogP contribution in [0.2, 0.25) is 0 Å². The van der Waals surface area contributed by atoms with Crippen LogP contribution < -0.4 is 39.9 Å². The Bertz CT molecular complexity index is 189. The van der Waals surface area contributed by atoms with Crippen LogP contribution in [0.25, 0.3) is 0 Å². The molecule has 0 amide bonds. The van der Waals surface area contributed by atoms with Crippen molar-refractivity contribution in [1.29, 1.82) is 0 Å².